The molecule has 2 aromatic heterocycles. The standard InChI is InChI=1S/C15H14Cl3N5/c1-7(2)12-13-14(20-15(18)19-12)23(22-21-13)8(3)10-5-4-9(16)6-11(10)17/h4-8H,1-3H3. The topological polar surface area (TPSA) is 56.5 Å². The van der Waals surface area contributed by atoms with Crippen molar-refractivity contribution >= 4 is 46.0 Å². The Hall–Kier alpha value is -1.43. The highest BCUT2D eigenvalue weighted by molar-refractivity contribution is 6.35. The fourth-order valence-electron chi connectivity index (χ4n) is 2.46. The molecule has 0 spiro atoms. The molecule has 8 heteroatoms. The zero-order chi connectivity index (χ0) is 16.7. The zero-order valence-electron chi connectivity index (χ0n) is 12.8. The van der Waals surface area contributed by atoms with E-state index in [1.165, 1.54) is 0 Å². The van der Waals surface area contributed by atoms with Gasteiger partial charge in [0.25, 0.3) is 0 Å². The lowest BCUT2D eigenvalue weighted by atomic mass is 10.1. The second-order valence-corrected chi connectivity index (χ2v) is 6.76. The van der Waals surface area contributed by atoms with Crippen LogP contribution in [0.25, 0.3) is 11.2 Å². The average Bonchev–Trinajstić information content (AvgIpc) is 2.89. The molecular formula is C15H14Cl3N5. The zero-order valence-corrected chi connectivity index (χ0v) is 15.0. The van der Waals surface area contributed by atoms with E-state index in [0.29, 0.717) is 21.2 Å². The van der Waals surface area contributed by atoms with Crippen molar-refractivity contribution in [3.8, 4) is 0 Å². The predicted octanol–water partition coefficient (Wildman–Crippen LogP) is 4.91. The van der Waals surface area contributed by atoms with E-state index in [2.05, 4.69) is 20.3 Å². The number of fused-ring (bicyclic) bond motifs is 1. The Labute approximate surface area is 148 Å². The molecule has 0 aliphatic carbocycles. The highest BCUT2D eigenvalue weighted by Crippen LogP contribution is 2.30. The molecule has 0 N–H and O–H groups in total. The minimum absolute atomic E-state index is 0.164. The highest BCUT2D eigenvalue weighted by atomic mass is 35.5. The van der Waals surface area contributed by atoms with Crippen molar-refractivity contribution in [3.63, 3.8) is 0 Å². The maximum absolute atomic E-state index is 6.30. The fourth-order valence-corrected chi connectivity index (χ4v) is 3.20. The third kappa shape index (κ3) is 3.01. The minimum atomic E-state index is -0.171. The lowest BCUT2D eigenvalue weighted by Gasteiger charge is -2.14. The van der Waals surface area contributed by atoms with Gasteiger partial charge in [-0.3, -0.25) is 0 Å². The van der Waals surface area contributed by atoms with Crippen molar-refractivity contribution in [1.29, 1.82) is 0 Å². The Morgan fingerprint density at radius 2 is 1.78 bits per heavy atom. The summed E-state index contributed by atoms with van der Waals surface area (Å²) in [5.74, 6) is 0.164. The van der Waals surface area contributed by atoms with Gasteiger partial charge in [0.15, 0.2) is 11.2 Å². The second kappa shape index (κ2) is 6.23. The molecule has 0 radical (unpaired) electrons. The van der Waals surface area contributed by atoms with E-state index in [1.807, 2.05) is 26.8 Å². The SMILES string of the molecule is CC(C)c1nc(Cl)nc2c1nnn2C(C)c1ccc(Cl)cc1Cl. The molecule has 0 saturated carbocycles. The normalized spacial score (nSPS) is 13.0. The number of rotatable bonds is 3. The molecule has 3 rings (SSSR count). The molecule has 5 nitrogen and oxygen atoms in total. The largest absolute Gasteiger partial charge is 0.224 e. The van der Waals surface area contributed by atoms with Crippen molar-refractivity contribution in [2.45, 2.75) is 32.7 Å². The summed E-state index contributed by atoms with van der Waals surface area (Å²) < 4.78 is 1.70. The van der Waals surface area contributed by atoms with Gasteiger partial charge in [-0.2, -0.15) is 4.98 Å². The molecule has 0 aliphatic heterocycles. The van der Waals surface area contributed by atoms with Gasteiger partial charge < -0.3 is 0 Å². The molecular weight excluding hydrogens is 357 g/mol. The molecule has 0 bridgehead atoms. The predicted molar refractivity (Wildman–Crippen MR) is 92.5 cm³/mol. The fraction of sp³-hybridized carbons (Fsp3) is 0.333. The highest BCUT2D eigenvalue weighted by Gasteiger charge is 2.21. The molecule has 1 aromatic carbocycles. The number of nitrogens with zero attached hydrogens (tertiary/aromatic N) is 5. The molecule has 0 fully saturated rings. The molecule has 0 aliphatic rings. The van der Waals surface area contributed by atoms with Gasteiger partial charge in [-0.25, -0.2) is 9.67 Å². The summed E-state index contributed by atoms with van der Waals surface area (Å²) in [6.45, 7) is 6.02. The maximum atomic E-state index is 6.30. The molecule has 23 heavy (non-hydrogen) atoms. The summed E-state index contributed by atoms with van der Waals surface area (Å²) in [4.78, 5) is 8.57. The van der Waals surface area contributed by atoms with E-state index in [1.54, 1.807) is 16.8 Å². The van der Waals surface area contributed by atoms with Crippen LogP contribution in [0.15, 0.2) is 18.2 Å². The van der Waals surface area contributed by atoms with Crippen molar-refractivity contribution in [3.05, 3.63) is 44.8 Å². The van der Waals surface area contributed by atoms with Crippen LogP contribution in [-0.2, 0) is 0 Å². The van der Waals surface area contributed by atoms with Crippen molar-refractivity contribution in [2.75, 3.05) is 0 Å². The van der Waals surface area contributed by atoms with Gasteiger partial charge in [0.1, 0.15) is 0 Å². The van der Waals surface area contributed by atoms with E-state index in [4.69, 9.17) is 34.8 Å². The molecule has 1 unspecified atom stereocenters. The first-order valence-corrected chi connectivity index (χ1v) is 8.25. The number of hydrogen-bond acceptors (Lipinski definition) is 4. The monoisotopic (exact) mass is 369 g/mol. The van der Waals surface area contributed by atoms with Crippen LogP contribution in [0.4, 0.5) is 0 Å². The first-order chi connectivity index (χ1) is 10.9. The van der Waals surface area contributed by atoms with Gasteiger partial charge in [0.05, 0.1) is 11.7 Å². The van der Waals surface area contributed by atoms with E-state index >= 15 is 0 Å². The van der Waals surface area contributed by atoms with E-state index in [0.717, 1.165) is 11.3 Å². The van der Waals surface area contributed by atoms with Gasteiger partial charge in [0, 0.05) is 10.0 Å². The molecule has 120 valence electrons. The summed E-state index contributed by atoms with van der Waals surface area (Å²) >= 11 is 18.3. The van der Waals surface area contributed by atoms with E-state index in [9.17, 15) is 0 Å². The van der Waals surface area contributed by atoms with Crippen LogP contribution in [0.2, 0.25) is 15.3 Å². The van der Waals surface area contributed by atoms with E-state index < -0.39 is 0 Å². The third-order valence-electron chi connectivity index (χ3n) is 3.65. The second-order valence-electron chi connectivity index (χ2n) is 5.58. The molecule has 1 atom stereocenters. The first-order valence-electron chi connectivity index (χ1n) is 7.11. The van der Waals surface area contributed by atoms with E-state index in [-0.39, 0.29) is 17.2 Å². The Kier molecular flexibility index (Phi) is 4.45. The van der Waals surface area contributed by atoms with Crippen LogP contribution in [0.3, 0.4) is 0 Å². The number of aromatic nitrogens is 5. The van der Waals surface area contributed by atoms with Gasteiger partial charge >= 0.3 is 0 Å². The third-order valence-corrected chi connectivity index (χ3v) is 4.38. The van der Waals surface area contributed by atoms with Crippen molar-refractivity contribution in [2.24, 2.45) is 0 Å². The molecule has 0 saturated heterocycles. The number of hydrogen-bond donors (Lipinski definition) is 0. The van der Waals surface area contributed by atoms with Gasteiger partial charge in [-0.05, 0) is 42.1 Å². The quantitative estimate of drug-likeness (QED) is 0.614. The molecule has 3 aromatic rings. The average molecular weight is 371 g/mol. The van der Waals surface area contributed by atoms with Crippen LogP contribution in [0.1, 0.15) is 44.0 Å². The lowest BCUT2D eigenvalue weighted by molar-refractivity contribution is 0.556. The Morgan fingerprint density at radius 1 is 1.04 bits per heavy atom. The number of benzene rings is 1. The Bertz CT molecular complexity index is 875. The lowest BCUT2D eigenvalue weighted by Crippen LogP contribution is -2.10. The Balaban J connectivity index is 2.16. The van der Waals surface area contributed by atoms with Crippen LogP contribution < -0.4 is 0 Å². The van der Waals surface area contributed by atoms with Gasteiger partial charge in [-0.15, -0.1) is 5.10 Å². The maximum Gasteiger partial charge on any atom is 0.224 e. The van der Waals surface area contributed by atoms with Crippen molar-refractivity contribution < 1.29 is 0 Å². The smallest absolute Gasteiger partial charge is 0.220 e. The summed E-state index contributed by atoms with van der Waals surface area (Å²) in [6.07, 6.45) is 0. The van der Waals surface area contributed by atoms with Crippen LogP contribution in [0, 0.1) is 0 Å². The van der Waals surface area contributed by atoms with Crippen LogP contribution in [0.5, 0.6) is 0 Å². The Morgan fingerprint density at radius 3 is 2.43 bits per heavy atom. The number of halogens is 3. The summed E-state index contributed by atoms with van der Waals surface area (Å²) in [5, 5.41) is 9.80. The summed E-state index contributed by atoms with van der Waals surface area (Å²) in [5.41, 5.74) is 2.90. The van der Waals surface area contributed by atoms with Gasteiger partial charge in [-0.1, -0.05) is 48.3 Å². The molecule has 2 heterocycles. The van der Waals surface area contributed by atoms with Crippen LogP contribution in [-0.4, -0.2) is 25.0 Å². The van der Waals surface area contributed by atoms with Crippen molar-refractivity contribution in [1.82, 2.24) is 25.0 Å². The van der Waals surface area contributed by atoms with Crippen LogP contribution >= 0.6 is 34.8 Å². The van der Waals surface area contributed by atoms with Gasteiger partial charge in [0.2, 0.25) is 5.28 Å². The molecule has 0 amide bonds. The minimum Gasteiger partial charge on any atom is -0.220 e. The summed E-state index contributed by atoms with van der Waals surface area (Å²) in [7, 11) is 0. The summed E-state index contributed by atoms with van der Waals surface area (Å²) in [6, 6.07) is 5.19. The first kappa shape index (κ1) is 16.4.